The number of allylic oxidation sites excluding steroid dienone is 2. The highest BCUT2D eigenvalue weighted by atomic mass is 79.9. The summed E-state index contributed by atoms with van der Waals surface area (Å²) in [5.74, 6) is 0.350. The van der Waals surface area contributed by atoms with E-state index < -0.39 is 0 Å². The number of halogens is 1. The normalized spacial score (nSPS) is 22.3. The van der Waals surface area contributed by atoms with Gasteiger partial charge in [0.05, 0.1) is 10.1 Å². The molecule has 0 radical (unpaired) electrons. The van der Waals surface area contributed by atoms with E-state index in [1.54, 1.807) is 13.0 Å². The molecule has 0 saturated heterocycles. The lowest BCUT2D eigenvalue weighted by Crippen LogP contribution is -1.94. The van der Waals surface area contributed by atoms with Crippen LogP contribution >= 0.6 is 15.9 Å². The fourth-order valence-electron chi connectivity index (χ4n) is 0.681. The standard InChI is InChI=1S/C7H7BrO2/c1-3-5-6(8)4(2)7(9)10-5/h3H,1-2H3/b5-3-. The van der Waals surface area contributed by atoms with Gasteiger partial charge in [0, 0.05) is 0 Å². The van der Waals surface area contributed by atoms with Crippen LogP contribution in [0.1, 0.15) is 13.8 Å². The van der Waals surface area contributed by atoms with Gasteiger partial charge in [-0.15, -0.1) is 0 Å². The van der Waals surface area contributed by atoms with E-state index in [1.807, 2.05) is 6.92 Å². The lowest BCUT2D eigenvalue weighted by Gasteiger charge is -1.92. The number of cyclic esters (lactones) is 1. The Hall–Kier alpha value is -0.570. The predicted molar refractivity (Wildman–Crippen MR) is 41.5 cm³/mol. The first kappa shape index (κ1) is 7.54. The molecule has 0 spiro atoms. The van der Waals surface area contributed by atoms with Crippen LogP contribution in [0.25, 0.3) is 0 Å². The average Bonchev–Trinajstić information content (AvgIpc) is 2.17. The molecule has 0 bridgehead atoms. The number of hydrogen-bond donors (Lipinski definition) is 0. The molecule has 1 rings (SSSR count). The van der Waals surface area contributed by atoms with Crippen molar-refractivity contribution in [2.45, 2.75) is 13.8 Å². The van der Waals surface area contributed by atoms with Crippen molar-refractivity contribution in [3.05, 3.63) is 21.9 Å². The van der Waals surface area contributed by atoms with Crippen LogP contribution in [0.15, 0.2) is 21.9 Å². The Morgan fingerprint density at radius 3 is 2.40 bits per heavy atom. The highest BCUT2D eigenvalue weighted by Gasteiger charge is 2.23. The Morgan fingerprint density at radius 1 is 1.60 bits per heavy atom. The van der Waals surface area contributed by atoms with Crippen LogP contribution in [-0.2, 0) is 9.53 Å². The first-order valence-corrected chi connectivity index (χ1v) is 3.71. The van der Waals surface area contributed by atoms with Crippen LogP contribution in [0.3, 0.4) is 0 Å². The van der Waals surface area contributed by atoms with E-state index in [0.29, 0.717) is 11.3 Å². The summed E-state index contributed by atoms with van der Waals surface area (Å²) in [5.41, 5.74) is 0.633. The molecule has 0 aromatic carbocycles. The molecule has 1 heterocycles. The summed E-state index contributed by atoms with van der Waals surface area (Å²) in [6.07, 6.45) is 1.75. The zero-order valence-corrected chi connectivity index (χ0v) is 7.36. The van der Waals surface area contributed by atoms with Crippen molar-refractivity contribution in [3.63, 3.8) is 0 Å². The van der Waals surface area contributed by atoms with Crippen molar-refractivity contribution in [2.24, 2.45) is 0 Å². The van der Waals surface area contributed by atoms with Crippen LogP contribution in [0.5, 0.6) is 0 Å². The van der Waals surface area contributed by atoms with Crippen molar-refractivity contribution < 1.29 is 9.53 Å². The molecule has 0 aromatic heterocycles. The highest BCUT2D eigenvalue weighted by Crippen LogP contribution is 2.29. The molecule has 3 heteroatoms. The summed E-state index contributed by atoms with van der Waals surface area (Å²) >= 11 is 3.24. The third kappa shape index (κ3) is 1.01. The van der Waals surface area contributed by atoms with Crippen LogP contribution in [0, 0.1) is 0 Å². The van der Waals surface area contributed by atoms with Gasteiger partial charge in [-0.3, -0.25) is 0 Å². The summed E-state index contributed by atoms with van der Waals surface area (Å²) in [6.45, 7) is 3.55. The van der Waals surface area contributed by atoms with Crippen molar-refractivity contribution in [3.8, 4) is 0 Å². The first-order chi connectivity index (χ1) is 4.66. The van der Waals surface area contributed by atoms with E-state index in [4.69, 9.17) is 4.74 Å². The highest BCUT2D eigenvalue weighted by molar-refractivity contribution is 9.12. The molecule has 0 aromatic rings. The minimum atomic E-state index is -0.264. The molecule has 10 heavy (non-hydrogen) atoms. The number of carbonyl (C=O) groups is 1. The maximum atomic E-state index is 10.8. The van der Waals surface area contributed by atoms with Crippen molar-refractivity contribution in [1.29, 1.82) is 0 Å². The van der Waals surface area contributed by atoms with E-state index in [0.717, 1.165) is 4.48 Å². The fourth-order valence-corrected chi connectivity index (χ4v) is 1.15. The van der Waals surface area contributed by atoms with E-state index in [9.17, 15) is 4.79 Å². The molecule has 54 valence electrons. The monoisotopic (exact) mass is 202 g/mol. The lowest BCUT2D eigenvalue weighted by atomic mass is 10.3. The van der Waals surface area contributed by atoms with Gasteiger partial charge in [0.15, 0.2) is 0 Å². The molecule has 0 atom stereocenters. The molecule has 2 nitrogen and oxygen atoms in total. The quantitative estimate of drug-likeness (QED) is 0.563. The molecule has 0 unspecified atom stereocenters. The van der Waals surface area contributed by atoms with Gasteiger partial charge < -0.3 is 4.74 Å². The van der Waals surface area contributed by atoms with Gasteiger partial charge in [-0.1, -0.05) is 0 Å². The Morgan fingerprint density at radius 2 is 2.20 bits per heavy atom. The fraction of sp³-hybridized carbons (Fsp3) is 0.286. The second-order valence-corrected chi connectivity index (χ2v) is 2.77. The minimum absolute atomic E-state index is 0.264. The van der Waals surface area contributed by atoms with Gasteiger partial charge in [0.1, 0.15) is 5.76 Å². The lowest BCUT2D eigenvalue weighted by molar-refractivity contribution is -0.133. The Labute approximate surface area is 67.7 Å². The Bertz CT molecular complexity index is 238. The summed E-state index contributed by atoms with van der Waals surface area (Å²) in [7, 11) is 0. The molecule has 0 aliphatic carbocycles. The third-order valence-electron chi connectivity index (χ3n) is 1.32. The number of hydrogen-bond acceptors (Lipinski definition) is 2. The van der Waals surface area contributed by atoms with Crippen LogP contribution in [0.2, 0.25) is 0 Å². The zero-order chi connectivity index (χ0) is 7.72. The van der Waals surface area contributed by atoms with Gasteiger partial charge in [-0.25, -0.2) is 4.79 Å². The van der Waals surface area contributed by atoms with Gasteiger partial charge in [0.25, 0.3) is 0 Å². The number of ether oxygens (including phenoxy) is 1. The van der Waals surface area contributed by atoms with E-state index >= 15 is 0 Å². The third-order valence-corrected chi connectivity index (χ3v) is 2.30. The van der Waals surface area contributed by atoms with Gasteiger partial charge in [-0.2, -0.15) is 0 Å². The molecular weight excluding hydrogens is 196 g/mol. The van der Waals surface area contributed by atoms with E-state index in [2.05, 4.69) is 15.9 Å². The maximum absolute atomic E-state index is 10.8. The van der Waals surface area contributed by atoms with Crippen molar-refractivity contribution in [1.82, 2.24) is 0 Å². The Balaban J connectivity index is 3.06. The summed E-state index contributed by atoms with van der Waals surface area (Å²) in [5, 5.41) is 0. The molecular formula is C7H7BrO2. The average molecular weight is 203 g/mol. The van der Waals surface area contributed by atoms with E-state index in [1.165, 1.54) is 0 Å². The molecule has 0 amide bonds. The maximum Gasteiger partial charge on any atom is 0.340 e. The first-order valence-electron chi connectivity index (χ1n) is 2.92. The van der Waals surface area contributed by atoms with E-state index in [-0.39, 0.29) is 5.97 Å². The largest absolute Gasteiger partial charge is 0.422 e. The molecule has 1 aliphatic heterocycles. The van der Waals surface area contributed by atoms with Crippen molar-refractivity contribution in [2.75, 3.05) is 0 Å². The predicted octanol–water partition coefficient (Wildman–Crippen LogP) is 2.12. The second kappa shape index (κ2) is 2.58. The van der Waals surface area contributed by atoms with Crippen molar-refractivity contribution >= 4 is 21.9 Å². The van der Waals surface area contributed by atoms with Crippen LogP contribution in [-0.4, -0.2) is 5.97 Å². The number of rotatable bonds is 0. The molecule has 0 N–H and O–H groups in total. The molecule has 1 aliphatic rings. The smallest absolute Gasteiger partial charge is 0.340 e. The Kier molecular flexibility index (Phi) is 1.94. The summed E-state index contributed by atoms with van der Waals surface area (Å²) in [4.78, 5) is 10.8. The van der Waals surface area contributed by atoms with Crippen LogP contribution in [0.4, 0.5) is 0 Å². The van der Waals surface area contributed by atoms with Gasteiger partial charge >= 0.3 is 5.97 Å². The number of carbonyl (C=O) groups excluding carboxylic acids is 1. The summed E-state index contributed by atoms with van der Waals surface area (Å²) in [6, 6.07) is 0. The zero-order valence-electron chi connectivity index (χ0n) is 5.77. The number of esters is 1. The molecule has 0 saturated carbocycles. The topological polar surface area (TPSA) is 26.3 Å². The molecule has 0 fully saturated rings. The SMILES string of the molecule is C/C=C1\OC(=O)C(C)=C1Br. The summed E-state index contributed by atoms with van der Waals surface area (Å²) < 4.78 is 5.60. The minimum Gasteiger partial charge on any atom is -0.422 e. The van der Waals surface area contributed by atoms with Gasteiger partial charge in [0.2, 0.25) is 0 Å². The second-order valence-electron chi connectivity index (χ2n) is 1.98. The van der Waals surface area contributed by atoms with Crippen LogP contribution < -0.4 is 0 Å². The van der Waals surface area contributed by atoms with Gasteiger partial charge in [-0.05, 0) is 35.9 Å².